The molecule has 2 aromatic rings. The van der Waals surface area contributed by atoms with Crippen LogP contribution in [0.1, 0.15) is 11.3 Å². The average molecular weight is 243 g/mol. The molecule has 3 nitrogen and oxygen atoms in total. The highest BCUT2D eigenvalue weighted by Gasteiger charge is 2.36. The Kier molecular flexibility index (Phi) is 2.82. The SMILES string of the molecule is Cn1nc2cc(CCN)ccc2c1C(F)(F)F. The summed E-state index contributed by atoms with van der Waals surface area (Å²) in [6, 6.07) is 4.76. The van der Waals surface area contributed by atoms with E-state index < -0.39 is 11.9 Å². The van der Waals surface area contributed by atoms with Crippen molar-refractivity contribution in [3.8, 4) is 0 Å². The Morgan fingerprint density at radius 1 is 1.35 bits per heavy atom. The first-order valence-electron chi connectivity index (χ1n) is 5.16. The lowest BCUT2D eigenvalue weighted by Crippen LogP contribution is -2.11. The third-order valence-electron chi connectivity index (χ3n) is 2.60. The summed E-state index contributed by atoms with van der Waals surface area (Å²) in [6.07, 6.45) is -3.76. The molecule has 0 atom stereocenters. The van der Waals surface area contributed by atoms with E-state index in [1.165, 1.54) is 13.1 Å². The summed E-state index contributed by atoms with van der Waals surface area (Å²) >= 11 is 0. The van der Waals surface area contributed by atoms with Crippen molar-refractivity contribution in [1.29, 1.82) is 0 Å². The van der Waals surface area contributed by atoms with Gasteiger partial charge in [-0.05, 0) is 24.6 Å². The zero-order valence-electron chi connectivity index (χ0n) is 9.25. The second-order valence-corrected chi connectivity index (χ2v) is 3.86. The van der Waals surface area contributed by atoms with Crippen LogP contribution in [0.2, 0.25) is 0 Å². The molecule has 0 saturated heterocycles. The summed E-state index contributed by atoms with van der Waals surface area (Å²) in [5, 5.41) is 4.00. The van der Waals surface area contributed by atoms with Crippen molar-refractivity contribution < 1.29 is 13.2 Å². The minimum atomic E-state index is -4.39. The van der Waals surface area contributed by atoms with Crippen LogP contribution in [-0.2, 0) is 19.6 Å². The van der Waals surface area contributed by atoms with Gasteiger partial charge in [0.15, 0.2) is 0 Å². The van der Waals surface area contributed by atoms with Gasteiger partial charge in [-0.3, -0.25) is 4.68 Å². The van der Waals surface area contributed by atoms with Crippen molar-refractivity contribution in [2.75, 3.05) is 6.54 Å². The lowest BCUT2D eigenvalue weighted by molar-refractivity contribution is -0.142. The van der Waals surface area contributed by atoms with Crippen LogP contribution >= 0.6 is 0 Å². The van der Waals surface area contributed by atoms with Crippen LogP contribution in [0.25, 0.3) is 10.9 Å². The number of hydrogen-bond donors (Lipinski definition) is 1. The first-order chi connectivity index (χ1) is 7.93. The zero-order chi connectivity index (χ0) is 12.6. The predicted molar refractivity (Wildman–Crippen MR) is 58.5 cm³/mol. The van der Waals surface area contributed by atoms with Gasteiger partial charge in [0.1, 0.15) is 5.69 Å². The molecule has 0 saturated carbocycles. The van der Waals surface area contributed by atoms with E-state index in [9.17, 15) is 13.2 Å². The second-order valence-electron chi connectivity index (χ2n) is 3.86. The molecule has 0 aliphatic carbocycles. The maximum atomic E-state index is 12.8. The van der Waals surface area contributed by atoms with E-state index >= 15 is 0 Å². The van der Waals surface area contributed by atoms with E-state index in [1.807, 2.05) is 0 Å². The molecule has 0 radical (unpaired) electrons. The maximum Gasteiger partial charge on any atom is 0.433 e. The third kappa shape index (κ3) is 2.12. The molecule has 92 valence electrons. The molecule has 0 unspecified atom stereocenters. The highest BCUT2D eigenvalue weighted by Crippen LogP contribution is 2.34. The van der Waals surface area contributed by atoms with E-state index in [-0.39, 0.29) is 5.39 Å². The Balaban J connectivity index is 2.61. The van der Waals surface area contributed by atoms with Gasteiger partial charge in [-0.25, -0.2) is 0 Å². The Morgan fingerprint density at radius 2 is 2.06 bits per heavy atom. The molecule has 0 aliphatic rings. The van der Waals surface area contributed by atoms with Gasteiger partial charge in [-0.15, -0.1) is 0 Å². The van der Waals surface area contributed by atoms with Gasteiger partial charge in [-0.1, -0.05) is 12.1 Å². The first kappa shape index (κ1) is 11.9. The fourth-order valence-corrected chi connectivity index (χ4v) is 1.90. The van der Waals surface area contributed by atoms with Crippen molar-refractivity contribution in [2.24, 2.45) is 12.8 Å². The van der Waals surface area contributed by atoms with Crippen LogP contribution in [0.4, 0.5) is 13.2 Å². The number of aryl methyl sites for hydroxylation is 1. The van der Waals surface area contributed by atoms with E-state index in [2.05, 4.69) is 5.10 Å². The lowest BCUT2D eigenvalue weighted by Gasteiger charge is -2.06. The Morgan fingerprint density at radius 3 is 2.65 bits per heavy atom. The first-order valence-corrected chi connectivity index (χ1v) is 5.16. The van der Waals surface area contributed by atoms with Crippen molar-refractivity contribution in [3.05, 3.63) is 29.5 Å². The number of rotatable bonds is 2. The lowest BCUT2D eigenvalue weighted by atomic mass is 10.1. The number of halogens is 3. The van der Waals surface area contributed by atoms with Crippen LogP contribution in [0, 0.1) is 0 Å². The van der Waals surface area contributed by atoms with Crippen molar-refractivity contribution in [3.63, 3.8) is 0 Å². The van der Waals surface area contributed by atoms with Crippen LogP contribution in [0.5, 0.6) is 0 Å². The Labute approximate surface area is 96.0 Å². The van der Waals surface area contributed by atoms with Gasteiger partial charge >= 0.3 is 6.18 Å². The molecule has 6 heteroatoms. The topological polar surface area (TPSA) is 43.8 Å². The molecule has 2 rings (SSSR count). The number of alkyl halides is 3. The van der Waals surface area contributed by atoms with E-state index in [1.54, 1.807) is 12.1 Å². The summed E-state index contributed by atoms with van der Waals surface area (Å²) in [6.45, 7) is 0.463. The van der Waals surface area contributed by atoms with Gasteiger partial charge in [0, 0.05) is 12.4 Å². The third-order valence-corrected chi connectivity index (χ3v) is 2.60. The molecule has 1 heterocycles. The standard InChI is InChI=1S/C11H12F3N3/c1-17-10(11(12,13)14)8-3-2-7(4-5-15)6-9(8)16-17/h2-3,6H,4-5,15H2,1H3. The highest BCUT2D eigenvalue weighted by atomic mass is 19.4. The minimum absolute atomic E-state index is 0.126. The van der Waals surface area contributed by atoms with Gasteiger partial charge in [-0.2, -0.15) is 18.3 Å². The average Bonchev–Trinajstić information content (AvgIpc) is 2.52. The zero-order valence-corrected chi connectivity index (χ0v) is 9.25. The predicted octanol–water partition coefficient (Wildman–Crippen LogP) is 2.09. The fourth-order valence-electron chi connectivity index (χ4n) is 1.90. The van der Waals surface area contributed by atoms with E-state index in [0.717, 1.165) is 10.2 Å². The molecule has 0 amide bonds. The van der Waals surface area contributed by atoms with Crippen LogP contribution in [-0.4, -0.2) is 16.3 Å². The van der Waals surface area contributed by atoms with E-state index in [4.69, 9.17) is 5.73 Å². The normalized spacial score (nSPS) is 12.3. The van der Waals surface area contributed by atoms with E-state index in [0.29, 0.717) is 18.5 Å². The molecule has 1 aromatic heterocycles. The van der Waals surface area contributed by atoms with Crippen molar-refractivity contribution in [1.82, 2.24) is 9.78 Å². The molecular formula is C11H12F3N3. The summed E-state index contributed by atoms with van der Waals surface area (Å²) in [5.41, 5.74) is 5.94. The highest BCUT2D eigenvalue weighted by molar-refractivity contribution is 5.82. The number of fused-ring (bicyclic) bond motifs is 1. The Hall–Kier alpha value is -1.56. The van der Waals surface area contributed by atoms with Gasteiger partial charge < -0.3 is 5.73 Å². The summed E-state index contributed by atoms with van der Waals surface area (Å²) in [4.78, 5) is 0. The van der Waals surface area contributed by atoms with Crippen molar-refractivity contribution >= 4 is 10.9 Å². The quantitative estimate of drug-likeness (QED) is 0.877. The van der Waals surface area contributed by atoms with Crippen LogP contribution in [0.15, 0.2) is 18.2 Å². The van der Waals surface area contributed by atoms with Gasteiger partial charge in [0.25, 0.3) is 0 Å². The number of nitrogens with two attached hydrogens (primary N) is 1. The molecule has 17 heavy (non-hydrogen) atoms. The monoisotopic (exact) mass is 243 g/mol. The molecule has 0 aliphatic heterocycles. The number of benzene rings is 1. The van der Waals surface area contributed by atoms with Gasteiger partial charge in [0.2, 0.25) is 0 Å². The van der Waals surface area contributed by atoms with Crippen LogP contribution in [0.3, 0.4) is 0 Å². The molecule has 0 bridgehead atoms. The fraction of sp³-hybridized carbons (Fsp3) is 0.364. The Bertz CT molecular complexity index is 543. The molecule has 2 N–H and O–H groups in total. The molecule has 0 fully saturated rings. The largest absolute Gasteiger partial charge is 0.433 e. The minimum Gasteiger partial charge on any atom is -0.330 e. The summed E-state index contributed by atoms with van der Waals surface area (Å²) in [5.74, 6) is 0. The van der Waals surface area contributed by atoms with Crippen LogP contribution < -0.4 is 5.73 Å². The smallest absolute Gasteiger partial charge is 0.330 e. The summed E-state index contributed by atoms with van der Waals surface area (Å²) in [7, 11) is 1.30. The van der Waals surface area contributed by atoms with Crippen molar-refractivity contribution in [2.45, 2.75) is 12.6 Å². The molecule has 0 spiro atoms. The number of aromatic nitrogens is 2. The summed E-state index contributed by atoms with van der Waals surface area (Å²) < 4.78 is 39.2. The molecular weight excluding hydrogens is 231 g/mol. The number of hydrogen-bond acceptors (Lipinski definition) is 2. The number of nitrogens with zero attached hydrogens (tertiary/aromatic N) is 2. The maximum absolute atomic E-state index is 12.8. The molecule has 1 aromatic carbocycles. The second kappa shape index (κ2) is 4.03. The van der Waals surface area contributed by atoms with Gasteiger partial charge in [0.05, 0.1) is 5.52 Å².